The molecule has 7 rings (SSSR count). The number of nitrogens with zero attached hydrogens (tertiary/aromatic N) is 5. The molecule has 0 aliphatic carbocycles. The van der Waals surface area contributed by atoms with Crippen molar-refractivity contribution in [2.75, 3.05) is 33.6 Å². The van der Waals surface area contributed by atoms with Crippen LogP contribution in [-0.2, 0) is 25.1 Å². The predicted octanol–water partition coefficient (Wildman–Crippen LogP) is 2.40. The minimum atomic E-state index is -3.93. The van der Waals surface area contributed by atoms with E-state index in [1.165, 1.54) is 24.7 Å². The van der Waals surface area contributed by atoms with Gasteiger partial charge in [-0.25, -0.2) is 23.0 Å². The maximum absolute atomic E-state index is 13.6. The normalized spacial score (nSPS) is 21.7. The Kier molecular flexibility index (Phi) is 9.09. The van der Waals surface area contributed by atoms with Crippen LogP contribution in [0, 0.1) is 6.92 Å². The highest BCUT2D eigenvalue weighted by atomic mass is 32.2. The number of benzene rings is 3. The average Bonchev–Trinajstić information content (AvgIpc) is 3.60. The first-order valence-corrected chi connectivity index (χ1v) is 18.2. The maximum Gasteiger partial charge on any atom is 0.353 e. The van der Waals surface area contributed by atoms with E-state index >= 15 is 0 Å². The molecule has 15 heteroatoms. The Morgan fingerprint density at radius 1 is 0.904 bits per heavy atom. The van der Waals surface area contributed by atoms with Gasteiger partial charge in [0.05, 0.1) is 33.1 Å². The van der Waals surface area contributed by atoms with Gasteiger partial charge in [-0.1, -0.05) is 54.6 Å². The van der Waals surface area contributed by atoms with E-state index in [0.717, 1.165) is 36.4 Å². The molecule has 4 atom stereocenters. The summed E-state index contributed by atoms with van der Waals surface area (Å²) in [5.74, 6) is 1.33. The van der Waals surface area contributed by atoms with Crippen LogP contribution in [0.1, 0.15) is 28.5 Å². The van der Waals surface area contributed by atoms with E-state index in [-0.39, 0.29) is 19.0 Å². The lowest BCUT2D eigenvalue weighted by atomic mass is 9.79. The molecule has 2 aromatic heterocycles. The van der Waals surface area contributed by atoms with Crippen LogP contribution in [0.2, 0.25) is 0 Å². The van der Waals surface area contributed by atoms with Gasteiger partial charge in [0.25, 0.3) is 0 Å². The minimum absolute atomic E-state index is 0.0627. The van der Waals surface area contributed by atoms with Crippen LogP contribution in [0.15, 0.2) is 113 Å². The van der Waals surface area contributed by atoms with Crippen LogP contribution in [0.5, 0.6) is 11.5 Å². The van der Waals surface area contributed by atoms with Crippen LogP contribution in [0.25, 0.3) is 5.82 Å². The number of aryl methyl sites for hydroxylation is 1. The molecule has 4 heterocycles. The first-order valence-electron chi connectivity index (χ1n) is 16.4. The summed E-state index contributed by atoms with van der Waals surface area (Å²) in [5.41, 5.74) is -1.78. The Labute approximate surface area is 299 Å². The molecule has 2 aliphatic rings. The maximum atomic E-state index is 13.6. The van der Waals surface area contributed by atoms with Crippen LogP contribution in [0.4, 0.5) is 0 Å². The number of morpholine rings is 1. The molecule has 5 aromatic rings. The van der Waals surface area contributed by atoms with E-state index in [0.29, 0.717) is 17.1 Å². The molecule has 0 saturated carbocycles. The van der Waals surface area contributed by atoms with Gasteiger partial charge in [-0.2, -0.15) is 9.29 Å². The summed E-state index contributed by atoms with van der Waals surface area (Å²) >= 11 is 0. The highest BCUT2D eigenvalue weighted by molar-refractivity contribution is 7.88. The second-order valence-corrected chi connectivity index (χ2v) is 14.8. The van der Waals surface area contributed by atoms with Crippen molar-refractivity contribution >= 4 is 10.0 Å². The summed E-state index contributed by atoms with van der Waals surface area (Å²) in [6.45, 7) is 1.10. The van der Waals surface area contributed by atoms with E-state index in [4.69, 9.17) is 18.9 Å². The fourth-order valence-corrected chi connectivity index (χ4v) is 8.29. The largest absolute Gasteiger partial charge is 0.497 e. The van der Waals surface area contributed by atoms with Crippen molar-refractivity contribution in [2.45, 2.75) is 36.5 Å². The summed E-state index contributed by atoms with van der Waals surface area (Å²) in [5, 5.41) is 12.0. The van der Waals surface area contributed by atoms with Gasteiger partial charge < -0.3 is 24.1 Å². The van der Waals surface area contributed by atoms with Crippen molar-refractivity contribution in [3.8, 4) is 17.3 Å². The van der Waals surface area contributed by atoms with E-state index in [1.54, 1.807) is 21.1 Å². The molecule has 0 amide bonds. The van der Waals surface area contributed by atoms with Gasteiger partial charge in [-0.15, -0.1) is 0 Å². The fourth-order valence-electron chi connectivity index (χ4n) is 7.18. The zero-order chi connectivity index (χ0) is 36.8. The summed E-state index contributed by atoms with van der Waals surface area (Å²) in [7, 11) is -0.778. The molecule has 52 heavy (non-hydrogen) atoms. The SMILES string of the molecule is COc1ccc(C(OC[C@@]23CN(S(C)(=O)=O)[C@@H]([C@H](n4cc(C)c(-n5cccnc5=O)nc4=O)O2)[C@@H]3O)(c2ccccc2)c2ccc(OC)cc2)cc1. The number of sulfonamides is 1. The number of hydrogen-bond acceptors (Lipinski definition) is 11. The molecule has 2 aliphatic heterocycles. The second kappa shape index (κ2) is 13.4. The summed E-state index contributed by atoms with van der Waals surface area (Å²) in [6, 6.07) is 24.6. The van der Waals surface area contributed by atoms with Crippen LogP contribution >= 0.6 is 0 Å². The zero-order valence-electron chi connectivity index (χ0n) is 28.8. The standard InChI is InChI=1S/C37H37N5O9S/c1-24-21-41(35(45)39-32(24)40-20-8-19-38-34(40)44)33-30-31(43)36(51-33,22-42(30)52(4,46)47)23-50-37(25-9-6-5-7-10-25,26-11-15-28(48-2)16-12-26)27-13-17-29(49-3)18-14-27/h5-21,30-31,33,43H,22-23H2,1-4H3/t30-,31+,33-,36-/m1/s1. The van der Waals surface area contributed by atoms with Gasteiger partial charge in [0.1, 0.15) is 28.8 Å². The number of aromatic nitrogens is 4. The first kappa shape index (κ1) is 35.2. The van der Waals surface area contributed by atoms with Gasteiger partial charge in [0.2, 0.25) is 10.0 Å². The minimum Gasteiger partial charge on any atom is -0.497 e. The number of rotatable bonds is 11. The van der Waals surface area contributed by atoms with Crippen molar-refractivity contribution in [1.82, 2.24) is 23.4 Å². The number of fused-ring (bicyclic) bond motifs is 2. The molecule has 0 unspecified atom stereocenters. The molecule has 0 spiro atoms. The molecule has 1 N–H and O–H groups in total. The predicted molar refractivity (Wildman–Crippen MR) is 189 cm³/mol. The van der Waals surface area contributed by atoms with Crippen LogP contribution in [0.3, 0.4) is 0 Å². The third-order valence-electron chi connectivity index (χ3n) is 9.72. The van der Waals surface area contributed by atoms with Gasteiger partial charge in [-0.3, -0.25) is 9.13 Å². The third-order valence-corrected chi connectivity index (χ3v) is 10.9. The summed E-state index contributed by atoms with van der Waals surface area (Å²) < 4.78 is 54.4. The quantitative estimate of drug-likeness (QED) is 0.199. The lowest BCUT2D eigenvalue weighted by molar-refractivity contribution is -0.171. The number of ether oxygens (including phenoxy) is 4. The molecular formula is C37H37N5O9S. The Bertz CT molecular complexity index is 2270. The lowest BCUT2D eigenvalue weighted by Crippen LogP contribution is -2.52. The van der Waals surface area contributed by atoms with E-state index < -0.39 is 51.0 Å². The Morgan fingerprint density at radius 3 is 2.06 bits per heavy atom. The van der Waals surface area contributed by atoms with Crippen molar-refractivity contribution < 1.29 is 32.5 Å². The molecule has 0 radical (unpaired) electrons. The van der Waals surface area contributed by atoms with E-state index in [9.17, 15) is 23.1 Å². The number of aliphatic hydroxyl groups excluding tert-OH is 1. The van der Waals surface area contributed by atoms with Gasteiger partial charge in [0, 0.05) is 30.7 Å². The lowest BCUT2D eigenvalue weighted by Gasteiger charge is -2.41. The molecule has 3 aromatic carbocycles. The number of methoxy groups -OCH3 is 2. The average molecular weight is 728 g/mol. The molecule has 2 bridgehead atoms. The third kappa shape index (κ3) is 5.89. The fraction of sp³-hybridized carbons (Fsp3) is 0.297. The summed E-state index contributed by atoms with van der Waals surface area (Å²) in [4.78, 5) is 33.9. The zero-order valence-corrected chi connectivity index (χ0v) is 29.6. The second-order valence-electron chi connectivity index (χ2n) is 12.8. The Morgan fingerprint density at radius 2 is 1.50 bits per heavy atom. The Balaban J connectivity index is 1.34. The van der Waals surface area contributed by atoms with Crippen LogP contribution in [-0.4, -0.2) is 88.3 Å². The van der Waals surface area contributed by atoms with Crippen LogP contribution < -0.4 is 20.9 Å². The molecule has 270 valence electrons. The smallest absolute Gasteiger partial charge is 0.353 e. The molecule has 2 saturated heterocycles. The molecule has 2 fully saturated rings. The highest BCUT2D eigenvalue weighted by Gasteiger charge is 2.67. The van der Waals surface area contributed by atoms with Crippen molar-refractivity contribution in [1.29, 1.82) is 0 Å². The van der Waals surface area contributed by atoms with Gasteiger partial charge >= 0.3 is 11.4 Å². The Hall–Kier alpha value is -5.19. The highest BCUT2D eigenvalue weighted by Crippen LogP contribution is 2.50. The first-order chi connectivity index (χ1) is 24.9. The van der Waals surface area contributed by atoms with Gasteiger partial charge in [-0.05, 0) is 53.9 Å². The molecular weight excluding hydrogens is 690 g/mol. The van der Waals surface area contributed by atoms with Gasteiger partial charge in [0.15, 0.2) is 12.0 Å². The van der Waals surface area contributed by atoms with Crippen molar-refractivity contribution in [2.24, 2.45) is 0 Å². The van der Waals surface area contributed by atoms with Crippen molar-refractivity contribution in [3.63, 3.8) is 0 Å². The monoisotopic (exact) mass is 727 g/mol. The summed E-state index contributed by atoms with van der Waals surface area (Å²) in [6.07, 6.45) is 2.54. The van der Waals surface area contributed by atoms with E-state index in [2.05, 4.69) is 9.97 Å². The van der Waals surface area contributed by atoms with Crippen molar-refractivity contribution in [3.05, 3.63) is 147 Å². The molecule has 14 nitrogen and oxygen atoms in total. The topological polar surface area (TPSA) is 164 Å². The number of hydrogen-bond donors (Lipinski definition) is 1. The number of aliphatic hydroxyl groups is 1. The van der Waals surface area contributed by atoms with E-state index in [1.807, 2.05) is 78.9 Å².